The van der Waals surface area contributed by atoms with Crippen molar-refractivity contribution < 1.29 is 9.21 Å². The summed E-state index contributed by atoms with van der Waals surface area (Å²) in [4.78, 5) is 16.6. The molecule has 0 spiro atoms. The van der Waals surface area contributed by atoms with Crippen LogP contribution in [0, 0.1) is 0 Å². The first-order chi connectivity index (χ1) is 10.7. The van der Waals surface area contributed by atoms with Crippen LogP contribution >= 0.6 is 0 Å². The molecule has 0 fully saturated rings. The monoisotopic (exact) mass is 299 g/mol. The molecule has 0 saturated carbocycles. The molecule has 1 aliphatic rings. The summed E-state index contributed by atoms with van der Waals surface area (Å²) >= 11 is 0. The number of carbonyl (C=O) groups is 1. The van der Waals surface area contributed by atoms with Gasteiger partial charge in [0.2, 0.25) is 5.89 Å². The minimum Gasteiger partial charge on any atom is -0.446 e. The van der Waals surface area contributed by atoms with Gasteiger partial charge >= 0.3 is 0 Å². The first kappa shape index (κ1) is 14.8. The van der Waals surface area contributed by atoms with Gasteiger partial charge in [0, 0.05) is 0 Å². The summed E-state index contributed by atoms with van der Waals surface area (Å²) in [6.07, 6.45) is 5.20. The molecular weight excluding hydrogens is 278 g/mol. The number of rotatable bonds is 4. The van der Waals surface area contributed by atoms with Crippen molar-refractivity contribution in [2.75, 3.05) is 0 Å². The molecule has 1 aromatic carbocycles. The van der Waals surface area contributed by atoms with Crippen LogP contribution in [0.5, 0.6) is 0 Å². The lowest BCUT2D eigenvalue weighted by atomic mass is 9.88. The number of carbonyl (C=O) groups excluding carboxylic acids is 1. The fourth-order valence-electron chi connectivity index (χ4n) is 2.87. The fourth-order valence-corrected chi connectivity index (χ4v) is 2.87. The zero-order valence-corrected chi connectivity index (χ0v) is 12.7. The van der Waals surface area contributed by atoms with Gasteiger partial charge in [-0.05, 0) is 36.8 Å². The molecule has 0 bridgehead atoms. The summed E-state index contributed by atoms with van der Waals surface area (Å²) in [5.74, 6) is 0.205. The highest BCUT2D eigenvalue weighted by Crippen LogP contribution is 2.29. The van der Waals surface area contributed by atoms with Gasteiger partial charge in [-0.2, -0.15) is 0 Å². The highest BCUT2D eigenvalue weighted by Gasteiger charge is 2.23. The van der Waals surface area contributed by atoms with Gasteiger partial charge in [-0.1, -0.05) is 31.2 Å². The zero-order chi connectivity index (χ0) is 15.5. The van der Waals surface area contributed by atoms with Gasteiger partial charge in [0.15, 0.2) is 5.69 Å². The Balaban J connectivity index is 1.74. The van der Waals surface area contributed by atoms with Crippen molar-refractivity contribution in [2.24, 2.45) is 5.73 Å². The van der Waals surface area contributed by atoms with Crippen molar-refractivity contribution >= 4 is 5.91 Å². The van der Waals surface area contributed by atoms with E-state index in [-0.39, 0.29) is 18.0 Å². The number of benzene rings is 1. The number of fused-ring (bicyclic) bond motifs is 1. The number of amides is 1. The summed E-state index contributed by atoms with van der Waals surface area (Å²) in [5.41, 5.74) is 8.68. The average Bonchev–Trinajstić information content (AvgIpc) is 3.04. The number of nitrogens with zero attached hydrogens (tertiary/aromatic N) is 1. The normalized spacial score (nSPS) is 18.5. The van der Waals surface area contributed by atoms with E-state index in [1.807, 2.05) is 19.1 Å². The van der Waals surface area contributed by atoms with Gasteiger partial charge < -0.3 is 15.5 Å². The molecule has 2 atom stereocenters. The third-order valence-corrected chi connectivity index (χ3v) is 4.19. The third-order valence-electron chi connectivity index (χ3n) is 4.19. The number of oxazole rings is 1. The quantitative estimate of drug-likeness (QED) is 0.909. The summed E-state index contributed by atoms with van der Waals surface area (Å²) in [5, 5.41) is 3.06. The van der Waals surface area contributed by atoms with Crippen molar-refractivity contribution in [3.63, 3.8) is 0 Å². The van der Waals surface area contributed by atoms with Crippen molar-refractivity contribution in [1.29, 1.82) is 0 Å². The zero-order valence-electron chi connectivity index (χ0n) is 12.7. The van der Waals surface area contributed by atoms with E-state index in [1.165, 1.54) is 17.4 Å². The molecule has 22 heavy (non-hydrogen) atoms. The van der Waals surface area contributed by atoms with Gasteiger partial charge in [-0.25, -0.2) is 4.98 Å². The van der Waals surface area contributed by atoms with Gasteiger partial charge in [0.05, 0.1) is 12.1 Å². The minimum absolute atomic E-state index is 0.0393. The lowest BCUT2D eigenvalue weighted by molar-refractivity contribution is 0.0927. The number of nitrogens with two attached hydrogens (primary N) is 1. The number of hydrogen-bond donors (Lipinski definition) is 2. The van der Waals surface area contributed by atoms with E-state index in [0.29, 0.717) is 11.6 Å². The maximum Gasteiger partial charge on any atom is 0.273 e. The number of aromatic nitrogens is 1. The predicted molar refractivity (Wildman–Crippen MR) is 83.3 cm³/mol. The van der Waals surface area contributed by atoms with Crippen LogP contribution in [0.2, 0.25) is 0 Å². The molecule has 1 aliphatic carbocycles. The number of nitrogens with one attached hydrogen (secondary N) is 1. The Hall–Kier alpha value is -2.14. The molecule has 1 heterocycles. The smallest absolute Gasteiger partial charge is 0.273 e. The lowest BCUT2D eigenvalue weighted by Gasteiger charge is -2.25. The Morgan fingerprint density at radius 3 is 3.14 bits per heavy atom. The second-order valence-corrected chi connectivity index (χ2v) is 5.70. The van der Waals surface area contributed by atoms with Gasteiger partial charge in [-0.3, -0.25) is 4.79 Å². The van der Waals surface area contributed by atoms with Crippen molar-refractivity contribution in [3.05, 3.63) is 53.2 Å². The maximum absolute atomic E-state index is 12.4. The summed E-state index contributed by atoms with van der Waals surface area (Å²) in [6, 6.07) is 8.04. The molecule has 3 N–H and O–H groups in total. The Bertz CT molecular complexity index is 665. The standard InChI is InChI=1S/C17H21N3O2/c1-2-13(18)17-20-15(10-22-17)16(21)19-14-9-5-7-11-6-3-4-8-12(11)14/h3-4,6,8,10,13-14H,2,5,7,9,18H2,1H3,(H,19,21). The van der Waals surface area contributed by atoms with E-state index in [2.05, 4.69) is 22.4 Å². The van der Waals surface area contributed by atoms with Crippen molar-refractivity contribution in [3.8, 4) is 0 Å². The summed E-state index contributed by atoms with van der Waals surface area (Å²) in [7, 11) is 0. The van der Waals surface area contributed by atoms with Crippen LogP contribution in [0.25, 0.3) is 0 Å². The molecule has 1 amide bonds. The predicted octanol–water partition coefficient (Wildman–Crippen LogP) is 2.89. The van der Waals surface area contributed by atoms with Crippen LogP contribution in [-0.2, 0) is 6.42 Å². The van der Waals surface area contributed by atoms with E-state index in [4.69, 9.17) is 10.2 Å². The molecule has 2 unspecified atom stereocenters. The Morgan fingerprint density at radius 1 is 1.50 bits per heavy atom. The molecule has 5 nitrogen and oxygen atoms in total. The van der Waals surface area contributed by atoms with E-state index in [1.54, 1.807) is 0 Å². The largest absolute Gasteiger partial charge is 0.446 e. The van der Waals surface area contributed by atoms with E-state index in [9.17, 15) is 4.79 Å². The SMILES string of the molecule is CCC(N)c1nc(C(=O)NC2CCCc3ccccc32)co1. The van der Waals surface area contributed by atoms with E-state index in [0.717, 1.165) is 25.7 Å². The van der Waals surface area contributed by atoms with Crippen LogP contribution < -0.4 is 11.1 Å². The number of aryl methyl sites for hydroxylation is 1. The summed E-state index contributed by atoms with van der Waals surface area (Å²) in [6.45, 7) is 1.95. The Morgan fingerprint density at radius 2 is 2.32 bits per heavy atom. The second-order valence-electron chi connectivity index (χ2n) is 5.70. The van der Waals surface area contributed by atoms with Crippen molar-refractivity contribution in [2.45, 2.75) is 44.7 Å². The van der Waals surface area contributed by atoms with Crippen LogP contribution in [0.1, 0.15) is 65.8 Å². The van der Waals surface area contributed by atoms with Crippen LogP contribution in [0.15, 0.2) is 34.9 Å². The topological polar surface area (TPSA) is 81.1 Å². The first-order valence-electron chi connectivity index (χ1n) is 7.78. The molecule has 5 heteroatoms. The highest BCUT2D eigenvalue weighted by molar-refractivity contribution is 5.92. The molecule has 0 saturated heterocycles. The minimum atomic E-state index is -0.267. The highest BCUT2D eigenvalue weighted by atomic mass is 16.3. The number of hydrogen-bond acceptors (Lipinski definition) is 4. The van der Waals surface area contributed by atoms with Crippen molar-refractivity contribution in [1.82, 2.24) is 10.3 Å². The van der Waals surface area contributed by atoms with Gasteiger partial charge in [0.1, 0.15) is 6.26 Å². The molecule has 3 rings (SSSR count). The lowest BCUT2D eigenvalue weighted by Crippen LogP contribution is -2.31. The maximum atomic E-state index is 12.4. The van der Waals surface area contributed by atoms with E-state index >= 15 is 0 Å². The average molecular weight is 299 g/mol. The first-order valence-corrected chi connectivity index (χ1v) is 7.78. The van der Waals surface area contributed by atoms with Crippen LogP contribution in [-0.4, -0.2) is 10.9 Å². The third kappa shape index (κ3) is 2.90. The van der Waals surface area contributed by atoms with Gasteiger partial charge in [-0.15, -0.1) is 0 Å². The van der Waals surface area contributed by atoms with Gasteiger partial charge in [0.25, 0.3) is 5.91 Å². The Kier molecular flexibility index (Phi) is 4.24. The molecule has 0 radical (unpaired) electrons. The second kappa shape index (κ2) is 6.32. The molecular formula is C17H21N3O2. The molecule has 2 aromatic rings. The Labute approximate surface area is 129 Å². The van der Waals surface area contributed by atoms with Crippen LogP contribution in [0.3, 0.4) is 0 Å². The molecule has 0 aliphatic heterocycles. The van der Waals surface area contributed by atoms with Crippen LogP contribution in [0.4, 0.5) is 0 Å². The molecule has 1 aromatic heterocycles. The van der Waals surface area contributed by atoms with E-state index < -0.39 is 0 Å². The fraction of sp³-hybridized carbons (Fsp3) is 0.412. The summed E-state index contributed by atoms with van der Waals surface area (Å²) < 4.78 is 5.30. The molecule has 116 valence electrons.